The van der Waals surface area contributed by atoms with Crippen molar-refractivity contribution in [3.63, 3.8) is 0 Å². The molecule has 2 nitrogen and oxygen atoms in total. The van der Waals surface area contributed by atoms with Crippen LogP contribution in [0.3, 0.4) is 0 Å². The van der Waals surface area contributed by atoms with Crippen LogP contribution in [0, 0.1) is 32.1 Å². The Kier molecular flexibility index (Phi) is 2.70. The van der Waals surface area contributed by atoms with Crippen molar-refractivity contribution in [1.29, 1.82) is 5.26 Å². The maximum Gasteiger partial charge on any atom is 0.0625 e. The third-order valence-electron chi connectivity index (χ3n) is 3.04. The summed E-state index contributed by atoms with van der Waals surface area (Å²) < 4.78 is 0. The predicted molar refractivity (Wildman–Crippen MR) is 66.4 cm³/mol. The fraction of sp³-hybridized carbons (Fsp3) is 0.357. The molecule has 2 rings (SSSR count). The molecule has 0 bridgehead atoms. The summed E-state index contributed by atoms with van der Waals surface area (Å²) in [7, 11) is 0. The second kappa shape index (κ2) is 4.02. The van der Waals surface area contributed by atoms with E-state index in [4.69, 9.17) is 5.26 Å². The highest BCUT2D eigenvalue weighted by molar-refractivity contribution is 5.88. The summed E-state index contributed by atoms with van der Waals surface area (Å²) in [4.78, 5) is 3.41. The molecule has 1 heterocycles. The van der Waals surface area contributed by atoms with Gasteiger partial charge in [-0.05, 0) is 49.9 Å². The van der Waals surface area contributed by atoms with E-state index in [1.54, 1.807) is 0 Å². The van der Waals surface area contributed by atoms with Gasteiger partial charge in [-0.1, -0.05) is 6.07 Å². The van der Waals surface area contributed by atoms with Gasteiger partial charge in [-0.25, -0.2) is 0 Å². The third-order valence-corrected chi connectivity index (χ3v) is 3.04. The molecule has 0 amide bonds. The van der Waals surface area contributed by atoms with Crippen LogP contribution in [-0.4, -0.2) is 4.98 Å². The molecule has 1 N–H and O–H groups in total. The van der Waals surface area contributed by atoms with Crippen molar-refractivity contribution in [3.8, 4) is 6.07 Å². The zero-order valence-corrected chi connectivity index (χ0v) is 10.0. The molecule has 0 saturated carbocycles. The van der Waals surface area contributed by atoms with E-state index in [-0.39, 0.29) is 0 Å². The van der Waals surface area contributed by atoms with Crippen molar-refractivity contribution in [1.82, 2.24) is 4.98 Å². The molecule has 82 valence electrons. The smallest absolute Gasteiger partial charge is 0.0625 e. The van der Waals surface area contributed by atoms with E-state index in [2.05, 4.69) is 44.0 Å². The van der Waals surface area contributed by atoms with Gasteiger partial charge in [0, 0.05) is 23.0 Å². The molecule has 0 spiro atoms. The second-order valence-electron chi connectivity index (χ2n) is 4.39. The lowest BCUT2D eigenvalue weighted by Crippen LogP contribution is -1.87. The number of aromatic amines is 1. The van der Waals surface area contributed by atoms with E-state index in [9.17, 15) is 0 Å². The summed E-state index contributed by atoms with van der Waals surface area (Å²) in [6.07, 6.45) is 1.42. The van der Waals surface area contributed by atoms with Crippen molar-refractivity contribution in [2.75, 3.05) is 0 Å². The van der Waals surface area contributed by atoms with Crippen LogP contribution in [0.5, 0.6) is 0 Å². The summed E-state index contributed by atoms with van der Waals surface area (Å²) in [6.45, 7) is 6.33. The SMILES string of the molecule is Cc1cc(C)c2c(CCC#N)c(C)[nH]c2c1. The first-order valence-electron chi connectivity index (χ1n) is 5.59. The number of fused-ring (bicyclic) bond motifs is 1. The summed E-state index contributed by atoms with van der Waals surface area (Å²) >= 11 is 0. The van der Waals surface area contributed by atoms with E-state index >= 15 is 0 Å². The van der Waals surface area contributed by atoms with Crippen molar-refractivity contribution < 1.29 is 0 Å². The molecule has 0 saturated heterocycles. The average molecular weight is 212 g/mol. The molecule has 0 aliphatic heterocycles. The Morgan fingerprint density at radius 3 is 2.69 bits per heavy atom. The van der Waals surface area contributed by atoms with E-state index in [0.29, 0.717) is 6.42 Å². The first-order valence-corrected chi connectivity index (χ1v) is 5.59. The molecule has 0 unspecified atom stereocenters. The fourth-order valence-electron chi connectivity index (χ4n) is 2.43. The monoisotopic (exact) mass is 212 g/mol. The van der Waals surface area contributed by atoms with E-state index in [1.165, 1.54) is 33.3 Å². The lowest BCUT2D eigenvalue weighted by atomic mass is 10.0. The normalized spacial score (nSPS) is 10.6. The van der Waals surface area contributed by atoms with Gasteiger partial charge < -0.3 is 4.98 Å². The van der Waals surface area contributed by atoms with Crippen LogP contribution in [-0.2, 0) is 6.42 Å². The highest BCUT2D eigenvalue weighted by Gasteiger charge is 2.10. The van der Waals surface area contributed by atoms with Gasteiger partial charge in [0.1, 0.15) is 0 Å². The number of nitriles is 1. The molecule has 0 aliphatic carbocycles. The lowest BCUT2D eigenvalue weighted by Gasteiger charge is -2.02. The number of hydrogen-bond acceptors (Lipinski definition) is 1. The van der Waals surface area contributed by atoms with E-state index in [1.807, 2.05) is 0 Å². The number of benzene rings is 1. The molecule has 0 radical (unpaired) electrons. The van der Waals surface area contributed by atoms with Gasteiger partial charge in [0.15, 0.2) is 0 Å². The van der Waals surface area contributed by atoms with Crippen molar-refractivity contribution in [2.45, 2.75) is 33.6 Å². The Labute approximate surface area is 95.9 Å². The van der Waals surface area contributed by atoms with Crippen LogP contribution >= 0.6 is 0 Å². The molecule has 1 aromatic carbocycles. The largest absolute Gasteiger partial charge is 0.358 e. The quantitative estimate of drug-likeness (QED) is 0.812. The molecular formula is C14H16N2. The van der Waals surface area contributed by atoms with E-state index < -0.39 is 0 Å². The maximum absolute atomic E-state index is 8.68. The van der Waals surface area contributed by atoms with Gasteiger partial charge in [0.25, 0.3) is 0 Å². The topological polar surface area (TPSA) is 39.6 Å². The number of rotatable bonds is 2. The molecule has 16 heavy (non-hydrogen) atoms. The Morgan fingerprint density at radius 1 is 1.25 bits per heavy atom. The van der Waals surface area contributed by atoms with Gasteiger partial charge in [0.2, 0.25) is 0 Å². The highest BCUT2D eigenvalue weighted by Crippen LogP contribution is 2.27. The number of aromatic nitrogens is 1. The summed E-state index contributed by atoms with van der Waals surface area (Å²) in [5.41, 5.74) is 6.27. The number of nitrogens with zero attached hydrogens (tertiary/aromatic N) is 1. The molecule has 2 aromatic rings. The number of nitrogens with one attached hydrogen (secondary N) is 1. The van der Waals surface area contributed by atoms with Crippen molar-refractivity contribution in [3.05, 3.63) is 34.5 Å². The van der Waals surface area contributed by atoms with Gasteiger partial charge in [-0.2, -0.15) is 5.26 Å². The fourth-order valence-corrected chi connectivity index (χ4v) is 2.43. The lowest BCUT2D eigenvalue weighted by molar-refractivity contribution is 1.00. The molecule has 0 aliphatic rings. The van der Waals surface area contributed by atoms with Crippen LogP contribution in [0.4, 0.5) is 0 Å². The highest BCUT2D eigenvalue weighted by atomic mass is 14.7. The number of aryl methyl sites for hydroxylation is 4. The molecule has 1 aromatic heterocycles. The minimum absolute atomic E-state index is 0.584. The Morgan fingerprint density at radius 2 is 2.00 bits per heavy atom. The summed E-state index contributed by atoms with van der Waals surface area (Å²) in [5.74, 6) is 0. The molecule has 2 heteroatoms. The zero-order chi connectivity index (χ0) is 11.7. The van der Waals surface area contributed by atoms with Crippen LogP contribution in [0.25, 0.3) is 10.9 Å². The standard InChI is InChI=1S/C14H16N2/c1-9-7-10(2)14-12(5-4-6-15)11(3)16-13(14)8-9/h7-8,16H,4-5H2,1-3H3. The Bertz CT molecular complexity index is 570. The predicted octanol–water partition coefficient (Wildman–Crippen LogP) is 3.55. The number of hydrogen-bond donors (Lipinski definition) is 1. The Hall–Kier alpha value is -1.75. The van der Waals surface area contributed by atoms with Crippen LogP contribution in [0.2, 0.25) is 0 Å². The minimum atomic E-state index is 0.584. The number of H-pyrrole nitrogens is 1. The molecule has 0 fully saturated rings. The van der Waals surface area contributed by atoms with Gasteiger partial charge in [-0.15, -0.1) is 0 Å². The first kappa shape index (κ1) is 10.8. The maximum atomic E-state index is 8.68. The van der Waals surface area contributed by atoms with Crippen LogP contribution in [0.15, 0.2) is 12.1 Å². The van der Waals surface area contributed by atoms with E-state index in [0.717, 1.165) is 6.42 Å². The van der Waals surface area contributed by atoms with Crippen LogP contribution < -0.4 is 0 Å². The van der Waals surface area contributed by atoms with Crippen molar-refractivity contribution >= 4 is 10.9 Å². The second-order valence-corrected chi connectivity index (χ2v) is 4.39. The van der Waals surface area contributed by atoms with Gasteiger partial charge in [-0.3, -0.25) is 0 Å². The van der Waals surface area contributed by atoms with Gasteiger partial charge >= 0.3 is 0 Å². The van der Waals surface area contributed by atoms with Crippen molar-refractivity contribution in [2.24, 2.45) is 0 Å². The third kappa shape index (κ3) is 1.69. The zero-order valence-electron chi connectivity index (χ0n) is 10.0. The van der Waals surface area contributed by atoms with Crippen LogP contribution in [0.1, 0.15) is 28.8 Å². The summed E-state index contributed by atoms with van der Waals surface area (Å²) in [5, 5.41) is 9.99. The Balaban J connectivity index is 2.65. The molecule has 0 atom stereocenters. The first-order chi connectivity index (χ1) is 7.63. The van der Waals surface area contributed by atoms with Gasteiger partial charge in [0.05, 0.1) is 6.07 Å². The minimum Gasteiger partial charge on any atom is -0.358 e. The molecular weight excluding hydrogens is 196 g/mol. The average Bonchev–Trinajstić information content (AvgIpc) is 2.51. The summed E-state index contributed by atoms with van der Waals surface area (Å²) in [6, 6.07) is 6.59.